The summed E-state index contributed by atoms with van der Waals surface area (Å²) in [6.07, 6.45) is 1.42. The highest BCUT2D eigenvalue weighted by Gasteiger charge is 2.16. The van der Waals surface area contributed by atoms with Crippen LogP contribution in [0.25, 0.3) is 21.9 Å². The summed E-state index contributed by atoms with van der Waals surface area (Å²) in [6, 6.07) is 13.8. The number of carbonyl (C=O) groups excluding carboxylic acids is 2. The van der Waals surface area contributed by atoms with Gasteiger partial charge in [-0.1, -0.05) is 47.1 Å². The number of hydrogen-bond donors (Lipinski definition) is 3. The first-order valence-corrected chi connectivity index (χ1v) is 9.08. The number of benzene rings is 2. The van der Waals surface area contributed by atoms with E-state index in [9.17, 15) is 9.59 Å². The molecule has 0 aliphatic heterocycles. The van der Waals surface area contributed by atoms with Crippen LogP contribution in [-0.4, -0.2) is 26.9 Å². The van der Waals surface area contributed by atoms with E-state index in [0.717, 1.165) is 16.7 Å². The van der Waals surface area contributed by atoms with Gasteiger partial charge in [0.15, 0.2) is 5.82 Å². The fraction of sp³-hybridized carbons (Fsp3) is 0.0952. The van der Waals surface area contributed by atoms with Crippen molar-refractivity contribution in [2.45, 2.75) is 13.5 Å². The zero-order chi connectivity index (χ0) is 21.3. The summed E-state index contributed by atoms with van der Waals surface area (Å²) in [5, 5.41) is 7.62. The lowest BCUT2D eigenvalue weighted by atomic mass is 9.98. The number of primary amides is 1. The Bertz CT molecular complexity index is 1280. The quantitative estimate of drug-likeness (QED) is 0.463. The van der Waals surface area contributed by atoms with Crippen LogP contribution in [0.15, 0.2) is 53.2 Å². The maximum Gasteiger partial charge on any atom is 0.315 e. The number of pyridine rings is 1. The number of anilines is 1. The zero-order valence-electron chi connectivity index (χ0n) is 16.0. The van der Waals surface area contributed by atoms with Gasteiger partial charge in [-0.05, 0) is 29.5 Å². The number of hydrogen-bond acceptors (Lipinski definition) is 7. The summed E-state index contributed by atoms with van der Waals surface area (Å²) < 4.78 is 4.70. The van der Waals surface area contributed by atoms with Gasteiger partial charge >= 0.3 is 11.8 Å². The molecule has 4 aromatic rings. The van der Waals surface area contributed by atoms with E-state index in [1.807, 2.05) is 43.3 Å². The first kappa shape index (κ1) is 19.1. The molecule has 9 nitrogen and oxygen atoms in total. The normalized spacial score (nSPS) is 10.8. The standard InChI is InChI=1S/C21H18N6O3/c1-11-3-2-4-12(7-11)13-5-6-14-15(8-13)18(22)24-9-16(14)20(29)25-10-17-26-21(19(23)28)30-27-17/h2-9H,10H2,1H3,(H2,22,24)(H2,23,28)(H,25,29). The van der Waals surface area contributed by atoms with Crippen LogP contribution in [0.3, 0.4) is 0 Å². The second-order valence-electron chi connectivity index (χ2n) is 6.75. The Morgan fingerprint density at radius 2 is 1.90 bits per heavy atom. The molecule has 5 N–H and O–H groups in total. The van der Waals surface area contributed by atoms with Gasteiger partial charge < -0.3 is 21.3 Å². The van der Waals surface area contributed by atoms with Gasteiger partial charge in [-0.25, -0.2) is 4.98 Å². The van der Waals surface area contributed by atoms with E-state index in [0.29, 0.717) is 22.2 Å². The van der Waals surface area contributed by atoms with Crippen molar-refractivity contribution in [2.75, 3.05) is 5.73 Å². The number of nitrogen functional groups attached to an aromatic ring is 1. The van der Waals surface area contributed by atoms with Crippen LogP contribution in [0.1, 0.15) is 32.4 Å². The SMILES string of the molecule is Cc1cccc(-c2ccc3c(C(=O)NCc4noc(C(N)=O)n4)cnc(N)c3c2)c1. The molecule has 0 saturated heterocycles. The van der Waals surface area contributed by atoms with Crippen molar-refractivity contribution in [3.8, 4) is 11.1 Å². The smallest absolute Gasteiger partial charge is 0.315 e. The number of rotatable bonds is 5. The van der Waals surface area contributed by atoms with Crippen LogP contribution < -0.4 is 16.8 Å². The lowest BCUT2D eigenvalue weighted by Crippen LogP contribution is -2.24. The molecule has 2 amide bonds. The van der Waals surface area contributed by atoms with E-state index < -0.39 is 5.91 Å². The summed E-state index contributed by atoms with van der Waals surface area (Å²) in [5.74, 6) is -1.08. The van der Waals surface area contributed by atoms with Crippen LogP contribution in [0.5, 0.6) is 0 Å². The molecule has 150 valence electrons. The Morgan fingerprint density at radius 3 is 2.63 bits per heavy atom. The first-order valence-electron chi connectivity index (χ1n) is 9.08. The molecule has 0 unspecified atom stereocenters. The van der Waals surface area contributed by atoms with E-state index in [1.165, 1.54) is 6.20 Å². The minimum atomic E-state index is -0.835. The zero-order valence-corrected chi connectivity index (χ0v) is 16.0. The fourth-order valence-electron chi connectivity index (χ4n) is 3.13. The predicted molar refractivity (Wildman–Crippen MR) is 110 cm³/mol. The number of aryl methyl sites for hydroxylation is 1. The number of amides is 2. The summed E-state index contributed by atoms with van der Waals surface area (Å²) in [5.41, 5.74) is 14.7. The van der Waals surface area contributed by atoms with E-state index in [1.54, 1.807) is 0 Å². The molecule has 2 heterocycles. The monoisotopic (exact) mass is 402 g/mol. The number of nitrogens with zero attached hydrogens (tertiary/aromatic N) is 3. The number of aromatic nitrogens is 3. The molecule has 0 saturated carbocycles. The minimum absolute atomic E-state index is 0.0388. The maximum absolute atomic E-state index is 12.7. The first-order chi connectivity index (χ1) is 14.4. The number of nitrogens with one attached hydrogen (secondary N) is 1. The largest absolute Gasteiger partial charge is 0.383 e. The summed E-state index contributed by atoms with van der Waals surface area (Å²) in [7, 11) is 0. The molecule has 0 radical (unpaired) electrons. The summed E-state index contributed by atoms with van der Waals surface area (Å²) >= 11 is 0. The van der Waals surface area contributed by atoms with E-state index in [2.05, 4.69) is 26.5 Å². The molecule has 0 atom stereocenters. The molecule has 0 aliphatic carbocycles. The van der Waals surface area contributed by atoms with Crippen LogP contribution in [0, 0.1) is 6.92 Å². The third-order valence-electron chi connectivity index (χ3n) is 4.60. The second kappa shape index (κ2) is 7.63. The molecule has 9 heteroatoms. The van der Waals surface area contributed by atoms with Crippen molar-refractivity contribution in [1.82, 2.24) is 20.4 Å². The summed E-state index contributed by atoms with van der Waals surface area (Å²) in [4.78, 5) is 31.7. The lowest BCUT2D eigenvalue weighted by molar-refractivity contribution is 0.0945. The highest BCUT2D eigenvalue weighted by molar-refractivity contribution is 6.09. The van der Waals surface area contributed by atoms with Crippen molar-refractivity contribution in [1.29, 1.82) is 0 Å². The minimum Gasteiger partial charge on any atom is -0.383 e. The van der Waals surface area contributed by atoms with Gasteiger partial charge in [0.25, 0.3) is 5.91 Å². The molecule has 0 aliphatic rings. The number of nitrogens with two attached hydrogens (primary N) is 2. The lowest BCUT2D eigenvalue weighted by Gasteiger charge is -2.10. The van der Waals surface area contributed by atoms with Gasteiger partial charge in [-0.15, -0.1) is 0 Å². The Kier molecular flexibility index (Phi) is 4.85. The predicted octanol–water partition coefficient (Wildman–Crippen LogP) is 2.20. The average molecular weight is 402 g/mol. The van der Waals surface area contributed by atoms with Crippen LogP contribution in [0.4, 0.5) is 5.82 Å². The molecular weight excluding hydrogens is 384 g/mol. The van der Waals surface area contributed by atoms with Crippen molar-refractivity contribution >= 4 is 28.4 Å². The van der Waals surface area contributed by atoms with E-state index in [4.69, 9.17) is 16.0 Å². The van der Waals surface area contributed by atoms with Gasteiger partial charge in [0.2, 0.25) is 0 Å². The van der Waals surface area contributed by atoms with Crippen LogP contribution in [0.2, 0.25) is 0 Å². The second-order valence-corrected chi connectivity index (χ2v) is 6.75. The fourth-order valence-corrected chi connectivity index (χ4v) is 3.13. The third kappa shape index (κ3) is 3.68. The Hall–Kier alpha value is -4.27. The molecular formula is C21H18N6O3. The molecule has 0 spiro atoms. The topological polar surface area (TPSA) is 150 Å². The molecule has 0 bridgehead atoms. The number of fused-ring (bicyclic) bond motifs is 1. The van der Waals surface area contributed by atoms with Gasteiger partial charge in [0, 0.05) is 11.6 Å². The van der Waals surface area contributed by atoms with Crippen LogP contribution >= 0.6 is 0 Å². The van der Waals surface area contributed by atoms with Gasteiger partial charge in [0.05, 0.1) is 12.1 Å². The van der Waals surface area contributed by atoms with E-state index in [-0.39, 0.29) is 24.2 Å². The van der Waals surface area contributed by atoms with Gasteiger partial charge in [0.1, 0.15) is 5.82 Å². The van der Waals surface area contributed by atoms with Crippen molar-refractivity contribution < 1.29 is 14.1 Å². The van der Waals surface area contributed by atoms with E-state index >= 15 is 0 Å². The molecule has 30 heavy (non-hydrogen) atoms. The average Bonchev–Trinajstić information content (AvgIpc) is 3.22. The van der Waals surface area contributed by atoms with Gasteiger partial charge in [-0.3, -0.25) is 9.59 Å². The maximum atomic E-state index is 12.7. The highest BCUT2D eigenvalue weighted by atomic mass is 16.5. The molecule has 2 aromatic carbocycles. The van der Waals surface area contributed by atoms with Crippen molar-refractivity contribution in [3.63, 3.8) is 0 Å². The Labute approximate surface area is 171 Å². The Morgan fingerprint density at radius 1 is 1.10 bits per heavy atom. The van der Waals surface area contributed by atoms with Crippen molar-refractivity contribution in [2.24, 2.45) is 5.73 Å². The van der Waals surface area contributed by atoms with Crippen LogP contribution in [-0.2, 0) is 6.54 Å². The van der Waals surface area contributed by atoms with Gasteiger partial charge in [-0.2, -0.15) is 4.98 Å². The highest BCUT2D eigenvalue weighted by Crippen LogP contribution is 2.29. The number of carbonyl (C=O) groups is 2. The Balaban J connectivity index is 1.63. The molecule has 4 rings (SSSR count). The molecule has 0 fully saturated rings. The summed E-state index contributed by atoms with van der Waals surface area (Å²) in [6.45, 7) is 1.99. The van der Waals surface area contributed by atoms with Crippen molar-refractivity contribution in [3.05, 3.63) is 71.5 Å². The molecule has 2 aromatic heterocycles. The third-order valence-corrected chi connectivity index (χ3v) is 4.60.